The summed E-state index contributed by atoms with van der Waals surface area (Å²) in [4.78, 5) is 6.67. The maximum absolute atomic E-state index is 13.9. The lowest BCUT2D eigenvalue weighted by atomic mass is 10.1. The van der Waals surface area contributed by atoms with Crippen LogP contribution in [0.3, 0.4) is 0 Å². The van der Waals surface area contributed by atoms with Gasteiger partial charge in [0.25, 0.3) is 5.89 Å². The van der Waals surface area contributed by atoms with Crippen LogP contribution in [0.1, 0.15) is 30.5 Å². The average Bonchev–Trinajstić information content (AvgIpc) is 3.34. The lowest BCUT2D eigenvalue weighted by molar-refractivity contribution is -0.0873. The summed E-state index contributed by atoms with van der Waals surface area (Å²) in [5, 5.41) is 6.96. The second-order valence-electron chi connectivity index (χ2n) is 9.27. The fraction of sp³-hybridized carbons (Fsp3) is 0.458. The smallest absolute Gasteiger partial charge is 0.314 e. The molecule has 0 aliphatic carbocycles. The summed E-state index contributed by atoms with van der Waals surface area (Å²) >= 11 is 0. The van der Waals surface area contributed by atoms with Gasteiger partial charge in [0, 0.05) is 31.9 Å². The van der Waals surface area contributed by atoms with Crippen molar-refractivity contribution in [2.75, 3.05) is 37.2 Å². The Balaban J connectivity index is 1.39. The molecule has 10 nitrogen and oxygen atoms in total. The maximum atomic E-state index is 13.9. The van der Waals surface area contributed by atoms with Gasteiger partial charge in [-0.3, -0.25) is 14.2 Å². The molecule has 0 unspecified atom stereocenters. The normalized spacial score (nSPS) is 19.8. The fourth-order valence-corrected chi connectivity index (χ4v) is 6.24. The van der Waals surface area contributed by atoms with Crippen molar-refractivity contribution < 1.29 is 26.4 Å². The van der Waals surface area contributed by atoms with E-state index in [4.69, 9.17) is 9.15 Å². The zero-order valence-electron chi connectivity index (χ0n) is 20.5. The largest absolute Gasteiger partial charge is 0.415 e. The van der Waals surface area contributed by atoms with Gasteiger partial charge >= 0.3 is 16.6 Å². The Morgan fingerprint density at radius 3 is 2.57 bits per heavy atom. The Morgan fingerprint density at radius 2 is 1.97 bits per heavy atom. The molecule has 0 radical (unpaired) electrons. The van der Waals surface area contributed by atoms with E-state index in [0.717, 1.165) is 5.56 Å². The summed E-state index contributed by atoms with van der Waals surface area (Å²) < 4.78 is 66.6. The van der Waals surface area contributed by atoms with E-state index in [2.05, 4.69) is 20.1 Å². The van der Waals surface area contributed by atoms with E-state index in [1.807, 2.05) is 32.0 Å². The SMILES string of the molecule is Cc1cccc(N(Cc2ccc(-c3nnc(C(F)F)o3)cn2)S(=O)(=O)N2CCN(C3COC3)[C@H](C)C2)c1. The molecule has 5 rings (SSSR count). The number of hydrogen-bond acceptors (Lipinski definition) is 8. The van der Waals surface area contributed by atoms with Crippen LogP contribution in [0.4, 0.5) is 14.5 Å². The Kier molecular flexibility index (Phi) is 7.21. The molecule has 13 heteroatoms. The van der Waals surface area contributed by atoms with E-state index >= 15 is 0 Å². The first kappa shape index (κ1) is 25.6. The van der Waals surface area contributed by atoms with Crippen molar-refractivity contribution in [2.45, 2.75) is 38.9 Å². The van der Waals surface area contributed by atoms with E-state index < -0.39 is 22.5 Å². The first-order chi connectivity index (χ1) is 17.7. The Hall–Kier alpha value is -3.00. The third kappa shape index (κ3) is 5.35. The molecule has 2 aliphatic heterocycles. The van der Waals surface area contributed by atoms with Crippen molar-refractivity contribution in [1.82, 2.24) is 24.4 Å². The van der Waals surface area contributed by atoms with Gasteiger partial charge in [-0.05, 0) is 43.7 Å². The standard InChI is InChI=1S/C24H28F2N6O4S/c1-16-4-3-5-20(10-16)32(37(33,34)30-8-9-31(17(2)12-30)21-14-35-15-21)13-19-7-6-18(11-27-19)23-28-29-24(36-23)22(25)26/h3-7,10-11,17,21-22H,8-9,12-15H2,1-2H3/t17-/m1/s1. The summed E-state index contributed by atoms with van der Waals surface area (Å²) in [6.45, 7) is 6.67. The molecule has 2 aliphatic rings. The molecule has 2 fully saturated rings. The Labute approximate surface area is 214 Å². The van der Waals surface area contributed by atoms with Crippen LogP contribution in [-0.4, -0.2) is 77.7 Å². The molecule has 1 atom stereocenters. The van der Waals surface area contributed by atoms with Crippen molar-refractivity contribution in [3.8, 4) is 11.5 Å². The summed E-state index contributed by atoms with van der Waals surface area (Å²) in [7, 11) is -3.89. The minimum Gasteiger partial charge on any atom is -0.415 e. The molecule has 2 aromatic heterocycles. The third-order valence-electron chi connectivity index (χ3n) is 6.63. The summed E-state index contributed by atoms with van der Waals surface area (Å²) in [6.07, 6.45) is -1.46. The highest BCUT2D eigenvalue weighted by atomic mass is 32.2. The molecule has 37 heavy (non-hydrogen) atoms. The average molecular weight is 535 g/mol. The molecule has 0 spiro atoms. The van der Waals surface area contributed by atoms with Crippen molar-refractivity contribution in [3.63, 3.8) is 0 Å². The zero-order valence-corrected chi connectivity index (χ0v) is 21.3. The van der Waals surface area contributed by atoms with E-state index in [1.54, 1.807) is 18.2 Å². The van der Waals surface area contributed by atoms with Crippen LogP contribution in [0.2, 0.25) is 0 Å². The van der Waals surface area contributed by atoms with Gasteiger partial charge in [0.05, 0.1) is 42.7 Å². The van der Waals surface area contributed by atoms with E-state index in [1.165, 1.54) is 14.8 Å². The van der Waals surface area contributed by atoms with Crippen molar-refractivity contribution in [3.05, 3.63) is 59.7 Å². The lowest BCUT2D eigenvalue weighted by Crippen LogP contribution is -2.62. The highest BCUT2D eigenvalue weighted by Gasteiger charge is 2.39. The molecule has 198 valence electrons. The Morgan fingerprint density at radius 1 is 1.16 bits per heavy atom. The van der Waals surface area contributed by atoms with Crippen LogP contribution in [0.25, 0.3) is 11.5 Å². The number of halogens is 2. The molecule has 1 aromatic carbocycles. The number of aromatic nitrogens is 3. The molecule has 0 saturated carbocycles. The highest BCUT2D eigenvalue weighted by Crippen LogP contribution is 2.28. The topological polar surface area (TPSA) is 105 Å². The van der Waals surface area contributed by atoms with Gasteiger partial charge in [-0.25, -0.2) is 0 Å². The third-order valence-corrected chi connectivity index (χ3v) is 8.51. The fourth-order valence-electron chi connectivity index (χ4n) is 4.56. The molecule has 0 bridgehead atoms. The Bertz CT molecular complexity index is 1330. The second-order valence-corrected chi connectivity index (χ2v) is 11.1. The maximum Gasteiger partial charge on any atom is 0.314 e. The van der Waals surface area contributed by atoms with Gasteiger partial charge in [-0.15, -0.1) is 10.2 Å². The monoisotopic (exact) mass is 534 g/mol. The summed E-state index contributed by atoms with van der Waals surface area (Å²) in [6, 6.07) is 10.9. The van der Waals surface area contributed by atoms with Crippen LogP contribution in [-0.2, 0) is 21.5 Å². The number of nitrogens with zero attached hydrogens (tertiary/aromatic N) is 6. The summed E-state index contributed by atoms with van der Waals surface area (Å²) in [5.41, 5.74) is 2.29. The lowest BCUT2D eigenvalue weighted by Gasteiger charge is -2.46. The van der Waals surface area contributed by atoms with Crippen LogP contribution in [0.5, 0.6) is 0 Å². The van der Waals surface area contributed by atoms with Gasteiger partial charge in [-0.1, -0.05) is 12.1 Å². The molecule has 2 saturated heterocycles. The van der Waals surface area contributed by atoms with E-state index in [-0.39, 0.29) is 18.5 Å². The molecule has 0 N–H and O–H groups in total. The van der Waals surface area contributed by atoms with Gasteiger partial charge in [0.1, 0.15) is 0 Å². The van der Waals surface area contributed by atoms with Gasteiger partial charge in [0.15, 0.2) is 0 Å². The number of anilines is 1. The number of alkyl halides is 2. The second kappa shape index (κ2) is 10.4. The van der Waals surface area contributed by atoms with Crippen molar-refractivity contribution >= 4 is 15.9 Å². The van der Waals surface area contributed by atoms with Gasteiger partial charge < -0.3 is 9.15 Å². The highest BCUT2D eigenvalue weighted by molar-refractivity contribution is 7.90. The van der Waals surface area contributed by atoms with Crippen molar-refractivity contribution in [2.24, 2.45) is 0 Å². The predicted molar refractivity (Wildman–Crippen MR) is 131 cm³/mol. The zero-order chi connectivity index (χ0) is 26.2. The number of ether oxygens (including phenoxy) is 1. The van der Waals surface area contributed by atoms with Gasteiger partial charge in [0.2, 0.25) is 5.89 Å². The quantitative estimate of drug-likeness (QED) is 0.434. The van der Waals surface area contributed by atoms with Crippen LogP contribution in [0.15, 0.2) is 47.0 Å². The molecule has 4 heterocycles. The van der Waals surface area contributed by atoms with Gasteiger partial charge in [-0.2, -0.15) is 21.5 Å². The van der Waals surface area contributed by atoms with Crippen LogP contribution >= 0.6 is 0 Å². The van der Waals surface area contributed by atoms with E-state index in [9.17, 15) is 17.2 Å². The number of aryl methyl sites for hydroxylation is 1. The number of pyridine rings is 1. The molecule has 0 amide bonds. The van der Waals surface area contributed by atoms with Crippen molar-refractivity contribution in [1.29, 1.82) is 0 Å². The number of rotatable bonds is 8. The molecular weight excluding hydrogens is 506 g/mol. The minimum absolute atomic E-state index is 0.0107. The minimum atomic E-state index is -3.89. The predicted octanol–water partition coefficient (Wildman–Crippen LogP) is 3.03. The van der Waals surface area contributed by atoms with E-state index in [0.29, 0.717) is 55.8 Å². The first-order valence-corrected chi connectivity index (χ1v) is 13.4. The first-order valence-electron chi connectivity index (χ1n) is 12.0. The number of hydrogen-bond donors (Lipinski definition) is 0. The van der Waals surface area contributed by atoms with Crippen LogP contribution < -0.4 is 4.31 Å². The van der Waals surface area contributed by atoms with Crippen LogP contribution in [0, 0.1) is 6.92 Å². The number of piperazine rings is 1. The molecular formula is C24H28F2N6O4S. The molecule has 3 aromatic rings. The summed E-state index contributed by atoms with van der Waals surface area (Å²) in [5.74, 6) is -0.851. The number of benzene rings is 1.